The molecule has 0 spiro atoms. The summed E-state index contributed by atoms with van der Waals surface area (Å²) in [5, 5.41) is 0. The summed E-state index contributed by atoms with van der Waals surface area (Å²) < 4.78 is 10.4. The highest BCUT2D eigenvalue weighted by molar-refractivity contribution is 7.37. The van der Waals surface area contributed by atoms with Crippen LogP contribution in [0.2, 0.25) is 0 Å². The Morgan fingerprint density at radius 2 is 1.72 bits per heavy atom. The third-order valence-electron chi connectivity index (χ3n) is 3.53. The largest absolute Gasteiger partial charge is 0.514 e. The van der Waals surface area contributed by atoms with Gasteiger partial charge in [-0.05, 0) is 63.9 Å². The third-order valence-corrected chi connectivity index (χ3v) is 4.77. The average molecular weight is 366 g/mol. The van der Waals surface area contributed by atoms with E-state index in [2.05, 4.69) is 27.4 Å². The van der Waals surface area contributed by atoms with Crippen LogP contribution in [0.5, 0.6) is 5.75 Å². The lowest BCUT2D eigenvalue weighted by Gasteiger charge is -2.26. The van der Waals surface area contributed by atoms with Gasteiger partial charge in [-0.3, -0.25) is 4.79 Å². The number of ketones is 1. The van der Waals surface area contributed by atoms with Gasteiger partial charge < -0.3 is 9.47 Å². The molecule has 0 saturated carbocycles. The molecule has 0 aliphatic rings. The predicted octanol–water partition coefficient (Wildman–Crippen LogP) is 5.99. The molecule has 0 aliphatic heterocycles. The Morgan fingerprint density at radius 3 is 2.16 bits per heavy atom. The van der Waals surface area contributed by atoms with E-state index in [9.17, 15) is 9.59 Å². The molecule has 2 atom stereocenters. The molecule has 0 bridgehead atoms. The predicted molar refractivity (Wildman–Crippen MR) is 104 cm³/mol. The first-order chi connectivity index (χ1) is 11.3. The first-order valence-electron chi connectivity index (χ1n) is 8.55. The number of rotatable bonds is 5. The Balaban J connectivity index is 3.11. The molecule has 0 aliphatic carbocycles. The molecule has 0 saturated heterocycles. The molecule has 0 fully saturated rings. The van der Waals surface area contributed by atoms with Crippen LogP contribution < -0.4 is 4.74 Å². The van der Waals surface area contributed by atoms with Gasteiger partial charge in [0.25, 0.3) is 0 Å². The summed E-state index contributed by atoms with van der Waals surface area (Å²) in [4.78, 5) is 24.0. The van der Waals surface area contributed by atoms with Crippen molar-refractivity contribution in [2.24, 2.45) is 5.41 Å². The zero-order valence-corrected chi connectivity index (χ0v) is 17.6. The molecular weight excluding hydrogens is 335 g/mol. The summed E-state index contributed by atoms with van der Waals surface area (Å²) in [5.74, 6) is 0.119. The van der Waals surface area contributed by atoms with E-state index < -0.39 is 11.8 Å². The van der Waals surface area contributed by atoms with E-state index in [0.717, 1.165) is 20.6 Å². The molecule has 1 aromatic rings. The van der Waals surface area contributed by atoms with Crippen molar-refractivity contribution in [2.75, 3.05) is 6.66 Å². The SMILES string of the molecule is CPC(CC(C)(C)C)c1ccc(OC(=O)OC(C)(C)C)c(C(C)=O)c1. The van der Waals surface area contributed by atoms with Gasteiger partial charge in [-0.15, -0.1) is 8.58 Å². The summed E-state index contributed by atoms with van der Waals surface area (Å²) in [5.41, 5.74) is 1.47. The smallest absolute Gasteiger partial charge is 0.428 e. The molecule has 1 rings (SSSR count). The molecular formula is C20H31O4P. The van der Waals surface area contributed by atoms with Crippen LogP contribution in [-0.4, -0.2) is 24.2 Å². The minimum atomic E-state index is -0.800. The van der Waals surface area contributed by atoms with E-state index >= 15 is 0 Å². The summed E-state index contributed by atoms with van der Waals surface area (Å²) in [6.45, 7) is 15.6. The summed E-state index contributed by atoms with van der Waals surface area (Å²) >= 11 is 0. The summed E-state index contributed by atoms with van der Waals surface area (Å²) in [7, 11) is 0.731. The van der Waals surface area contributed by atoms with E-state index in [1.165, 1.54) is 6.92 Å². The number of hydrogen-bond acceptors (Lipinski definition) is 4. The first-order valence-corrected chi connectivity index (χ1v) is 10.1. The average Bonchev–Trinajstić information content (AvgIpc) is 2.42. The topological polar surface area (TPSA) is 52.6 Å². The van der Waals surface area contributed by atoms with E-state index in [-0.39, 0.29) is 16.9 Å². The zero-order valence-electron chi connectivity index (χ0n) is 16.6. The quantitative estimate of drug-likeness (QED) is 0.278. The van der Waals surface area contributed by atoms with Gasteiger partial charge in [-0.1, -0.05) is 26.8 Å². The molecule has 4 nitrogen and oxygen atoms in total. The van der Waals surface area contributed by atoms with Gasteiger partial charge in [0.2, 0.25) is 0 Å². The number of ether oxygens (including phenoxy) is 2. The molecule has 140 valence electrons. The highest BCUT2D eigenvalue weighted by Crippen LogP contribution is 2.42. The molecule has 0 radical (unpaired) electrons. The van der Waals surface area contributed by atoms with Gasteiger partial charge in [-0.25, -0.2) is 4.79 Å². The van der Waals surface area contributed by atoms with Crippen LogP contribution in [0.15, 0.2) is 18.2 Å². The minimum Gasteiger partial charge on any atom is -0.428 e. The number of carbonyl (C=O) groups excluding carboxylic acids is 2. The molecule has 2 unspecified atom stereocenters. The van der Waals surface area contributed by atoms with Crippen molar-refractivity contribution < 1.29 is 19.1 Å². The zero-order chi connectivity index (χ0) is 19.4. The Bertz CT molecular complexity index is 624. The fourth-order valence-electron chi connectivity index (χ4n) is 2.49. The van der Waals surface area contributed by atoms with E-state index in [4.69, 9.17) is 9.47 Å². The molecule has 0 heterocycles. The van der Waals surface area contributed by atoms with Gasteiger partial charge in [-0.2, -0.15) is 0 Å². The molecule has 0 N–H and O–H groups in total. The maximum Gasteiger partial charge on any atom is 0.514 e. The molecule has 0 aromatic heterocycles. The third kappa shape index (κ3) is 7.56. The van der Waals surface area contributed by atoms with Crippen molar-refractivity contribution in [3.63, 3.8) is 0 Å². The lowest BCUT2D eigenvalue weighted by Crippen LogP contribution is -2.26. The van der Waals surface area contributed by atoms with Crippen LogP contribution >= 0.6 is 8.58 Å². The number of carbonyl (C=O) groups is 2. The van der Waals surface area contributed by atoms with Crippen molar-refractivity contribution in [3.05, 3.63) is 29.3 Å². The molecule has 25 heavy (non-hydrogen) atoms. The van der Waals surface area contributed by atoms with Crippen LogP contribution in [0.3, 0.4) is 0 Å². The highest BCUT2D eigenvalue weighted by Gasteiger charge is 2.23. The van der Waals surface area contributed by atoms with Crippen LogP contribution in [0.1, 0.15) is 76.5 Å². The van der Waals surface area contributed by atoms with Gasteiger partial charge in [0.15, 0.2) is 5.78 Å². The Morgan fingerprint density at radius 1 is 1.12 bits per heavy atom. The molecule has 0 amide bonds. The van der Waals surface area contributed by atoms with Gasteiger partial charge in [0, 0.05) is 5.66 Å². The van der Waals surface area contributed by atoms with E-state index in [1.807, 2.05) is 12.1 Å². The second-order valence-corrected chi connectivity index (χ2v) is 9.76. The standard InChI is InChI=1S/C20H31O4P/c1-13(21)15-11-14(17(25-8)12-19(2,3)4)9-10-16(15)23-18(22)24-20(5,6)7/h9-11,17,25H,12H2,1-8H3. The van der Waals surface area contributed by atoms with Crippen molar-refractivity contribution in [3.8, 4) is 5.75 Å². The van der Waals surface area contributed by atoms with E-state index in [0.29, 0.717) is 11.2 Å². The normalized spacial score (nSPS) is 13.8. The highest BCUT2D eigenvalue weighted by atomic mass is 31.1. The van der Waals surface area contributed by atoms with Crippen LogP contribution in [0.4, 0.5) is 4.79 Å². The molecule has 1 aromatic carbocycles. The first kappa shape index (κ1) is 21.6. The number of hydrogen-bond donors (Lipinski definition) is 0. The van der Waals surface area contributed by atoms with Gasteiger partial charge >= 0.3 is 6.16 Å². The van der Waals surface area contributed by atoms with Gasteiger partial charge in [0.1, 0.15) is 11.4 Å². The number of Topliss-reactive ketones (excluding diaryl/α,β-unsaturated/α-hetero) is 1. The van der Waals surface area contributed by atoms with Crippen LogP contribution in [0.25, 0.3) is 0 Å². The maximum absolute atomic E-state index is 12.1. The van der Waals surface area contributed by atoms with Crippen LogP contribution in [0, 0.1) is 5.41 Å². The molecule has 5 heteroatoms. The minimum absolute atomic E-state index is 0.130. The fourth-order valence-corrected chi connectivity index (χ4v) is 3.82. The van der Waals surface area contributed by atoms with E-state index in [1.54, 1.807) is 26.8 Å². The Hall–Kier alpha value is -1.41. The van der Waals surface area contributed by atoms with Gasteiger partial charge in [0.05, 0.1) is 5.56 Å². The second kappa shape index (κ2) is 8.31. The number of benzene rings is 1. The maximum atomic E-state index is 12.1. The van der Waals surface area contributed by atoms with Crippen molar-refractivity contribution in [1.29, 1.82) is 0 Å². The van der Waals surface area contributed by atoms with Crippen molar-refractivity contribution in [2.45, 2.75) is 66.1 Å². The second-order valence-electron chi connectivity index (χ2n) is 8.48. The van der Waals surface area contributed by atoms with Crippen molar-refractivity contribution in [1.82, 2.24) is 0 Å². The van der Waals surface area contributed by atoms with Crippen LogP contribution in [-0.2, 0) is 4.74 Å². The Labute approximate surface area is 153 Å². The Kier molecular flexibility index (Phi) is 7.19. The van der Waals surface area contributed by atoms with Crippen molar-refractivity contribution >= 4 is 20.5 Å². The monoisotopic (exact) mass is 366 g/mol. The summed E-state index contributed by atoms with van der Waals surface area (Å²) in [6, 6.07) is 5.50. The fraction of sp³-hybridized carbons (Fsp3) is 0.600. The lowest BCUT2D eigenvalue weighted by molar-refractivity contribution is 0.0205. The summed E-state index contributed by atoms with van der Waals surface area (Å²) in [6.07, 6.45) is 0.234. The lowest BCUT2D eigenvalue weighted by atomic mass is 9.88.